The monoisotopic (exact) mass is 147 g/mol. The molecule has 10 heavy (non-hydrogen) atoms. The lowest BCUT2D eigenvalue weighted by molar-refractivity contribution is -0.373. The summed E-state index contributed by atoms with van der Waals surface area (Å²) in [6.07, 6.45) is 0. The first-order chi connectivity index (χ1) is 4.67. The van der Waals surface area contributed by atoms with E-state index < -0.39 is 0 Å². The summed E-state index contributed by atoms with van der Waals surface area (Å²) in [4.78, 5) is 11.2. The maximum atomic E-state index is 8.82. The van der Waals surface area contributed by atoms with Crippen LogP contribution in [0.5, 0.6) is 0 Å². The fourth-order valence-corrected chi connectivity index (χ4v) is 0.785. The molecule has 1 rings (SSSR count). The molecule has 0 spiro atoms. The van der Waals surface area contributed by atoms with Gasteiger partial charge >= 0.3 is 0 Å². The number of rotatable bonds is 1. The molecule has 0 bridgehead atoms. The Morgan fingerprint density at radius 2 is 2.20 bits per heavy atom. The minimum Gasteiger partial charge on any atom is -0.381 e. The third-order valence-corrected chi connectivity index (χ3v) is 1.73. The quantitative estimate of drug-likeness (QED) is 0.527. The molecule has 0 aromatic heterocycles. The van der Waals surface area contributed by atoms with Crippen LogP contribution in [0.25, 0.3) is 0 Å². The maximum Gasteiger partial charge on any atom is 0.137 e. The van der Waals surface area contributed by atoms with E-state index in [2.05, 4.69) is 4.89 Å². The number of aliphatic hydroxyl groups is 1. The van der Waals surface area contributed by atoms with Crippen molar-refractivity contribution in [2.24, 2.45) is 0 Å². The molecule has 0 aliphatic carbocycles. The van der Waals surface area contributed by atoms with Crippen LogP contribution in [-0.2, 0) is 9.78 Å². The normalized spacial score (nSPS) is 26.7. The Hall–Kier alpha value is -0.160. The highest BCUT2D eigenvalue weighted by atomic mass is 17.2. The third-order valence-electron chi connectivity index (χ3n) is 1.73. The Morgan fingerprint density at radius 1 is 1.50 bits per heavy atom. The zero-order valence-corrected chi connectivity index (χ0v) is 6.33. The Kier molecular flexibility index (Phi) is 2.25. The molecular weight excluding hydrogens is 134 g/mol. The lowest BCUT2D eigenvalue weighted by Crippen LogP contribution is -2.52. The molecule has 0 amide bonds. The molecule has 4 nitrogen and oxygen atoms in total. The standard InChI is InChI=1S/C6H13NO3/c1-6(2)3-9-10-5-7(6)4-8/h8H,3-5H2,1-2H3. The van der Waals surface area contributed by atoms with Gasteiger partial charge in [-0.2, -0.15) is 0 Å². The van der Waals surface area contributed by atoms with Crippen molar-refractivity contribution in [3.05, 3.63) is 0 Å². The maximum absolute atomic E-state index is 8.82. The smallest absolute Gasteiger partial charge is 0.137 e. The summed E-state index contributed by atoms with van der Waals surface area (Å²) < 4.78 is 0. The number of hydrogen-bond donors (Lipinski definition) is 1. The van der Waals surface area contributed by atoms with Crippen LogP contribution in [0.3, 0.4) is 0 Å². The topological polar surface area (TPSA) is 41.9 Å². The number of aliphatic hydroxyl groups excluding tert-OH is 1. The van der Waals surface area contributed by atoms with Crippen molar-refractivity contribution >= 4 is 0 Å². The van der Waals surface area contributed by atoms with Crippen molar-refractivity contribution < 1.29 is 14.9 Å². The first-order valence-electron chi connectivity index (χ1n) is 3.27. The molecule has 1 aliphatic heterocycles. The van der Waals surface area contributed by atoms with Gasteiger partial charge in [-0.05, 0) is 13.8 Å². The molecule has 1 fully saturated rings. The van der Waals surface area contributed by atoms with Gasteiger partial charge in [-0.25, -0.2) is 14.7 Å². The molecule has 60 valence electrons. The Balaban J connectivity index is 2.51. The molecule has 1 heterocycles. The van der Waals surface area contributed by atoms with Gasteiger partial charge in [0.1, 0.15) is 13.3 Å². The van der Waals surface area contributed by atoms with Crippen LogP contribution >= 0.6 is 0 Å². The van der Waals surface area contributed by atoms with Crippen LogP contribution in [0.4, 0.5) is 0 Å². The number of hydrogen-bond acceptors (Lipinski definition) is 4. The molecular formula is C6H13NO3. The van der Waals surface area contributed by atoms with Gasteiger partial charge in [0.15, 0.2) is 0 Å². The second kappa shape index (κ2) is 2.84. The van der Waals surface area contributed by atoms with Crippen LogP contribution in [0, 0.1) is 0 Å². The van der Waals surface area contributed by atoms with E-state index in [4.69, 9.17) is 9.99 Å². The SMILES string of the molecule is CC1(C)COOCN1CO. The lowest BCUT2D eigenvalue weighted by Gasteiger charge is -2.39. The fourth-order valence-electron chi connectivity index (χ4n) is 0.785. The fraction of sp³-hybridized carbons (Fsp3) is 1.00. The van der Waals surface area contributed by atoms with Crippen LogP contribution in [0.15, 0.2) is 0 Å². The van der Waals surface area contributed by atoms with Gasteiger partial charge in [0.05, 0.1) is 6.73 Å². The van der Waals surface area contributed by atoms with E-state index in [1.165, 1.54) is 0 Å². The minimum atomic E-state index is -0.118. The van der Waals surface area contributed by atoms with Gasteiger partial charge in [0, 0.05) is 5.54 Å². The Morgan fingerprint density at radius 3 is 2.60 bits per heavy atom. The van der Waals surface area contributed by atoms with Crippen molar-refractivity contribution in [1.29, 1.82) is 0 Å². The molecule has 0 aromatic rings. The van der Waals surface area contributed by atoms with E-state index in [1.54, 1.807) is 4.90 Å². The Bertz CT molecular complexity index is 116. The molecule has 1 N–H and O–H groups in total. The minimum absolute atomic E-state index is 0.0103. The second-order valence-corrected chi connectivity index (χ2v) is 3.00. The van der Waals surface area contributed by atoms with E-state index in [0.717, 1.165) is 0 Å². The van der Waals surface area contributed by atoms with E-state index in [9.17, 15) is 0 Å². The molecule has 0 aromatic carbocycles. The van der Waals surface area contributed by atoms with E-state index >= 15 is 0 Å². The van der Waals surface area contributed by atoms with Gasteiger partial charge in [0.2, 0.25) is 0 Å². The molecule has 1 saturated heterocycles. The Labute approximate surface area is 60.3 Å². The van der Waals surface area contributed by atoms with Crippen LogP contribution in [-0.4, -0.2) is 35.6 Å². The molecule has 4 heteroatoms. The van der Waals surface area contributed by atoms with Crippen molar-refractivity contribution in [1.82, 2.24) is 4.90 Å². The summed E-state index contributed by atoms with van der Waals surface area (Å²) in [6.45, 7) is 4.82. The molecule has 0 unspecified atom stereocenters. The summed E-state index contributed by atoms with van der Waals surface area (Å²) in [5, 5.41) is 8.82. The molecule has 0 saturated carbocycles. The average molecular weight is 147 g/mol. The van der Waals surface area contributed by atoms with Gasteiger partial charge in [-0.1, -0.05) is 0 Å². The molecule has 0 atom stereocenters. The van der Waals surface area contributed by atoms with Crippen LogP contribution in [0.1, 0.15) is 13.8 Å². The zero-order chi connectivity index (χ0) is 7.61. The first kappa shape index (κ1) is 7.94. The van der Waals surface area contributed by atoms with E-state index in [1.807, 2.05) is 13.8 Å². The largest absolute Gasteiger partial charge is 0.381 e. The van der Waals surface area contributed by atoms with Gasteiger partial charge in [-0.15, -0.1) is 0 Å². The summed E-state index contributed by atoms with van der Waals surface area (Å²) in [6, 6.07) is 0. The van der Waals surface area contributed by atoms with Gasteiger partial charge in [-0.3, -0.25) is 0 Å². The zero-order valence-electron chi connectivity index (χ0n) is 6.33. The second-order valence-electron chi connectivity index (χ2n) is 3.00. The van der Waals surface area contributed by atoms with Crippen molar-refractivity contribution in [2.75, 3.05) is 20.1 Å². The predicted octanol–water partition coefficient (Wildman–Crippen LogP) is -0.0639. The van der Waals surface area contributed by atoms with E-state index in [0.29, 0.717) is 13.3 Å². The van der Waals surface area contributed by atoms with Crippen LogP contribution < -0.4 is 0 Å². The van der Waals surface area contributed by atoms with Gasteiger partial charge < -0.3 is 5.11 Å². The molecule has 0 radical (unpaired) electrons. The molecule has 1 aliphatic rings. The number of nitrogens with zero attached hydrogens (tertiary/aromatic N) is 1. The predicted molar refractivity (Wildman–Crippen MR) is 34.9 cm³/mol. The average Bonchev–Trinajstić information content (AvgIpc) is 1.87. The third kappa shape index (κ3) is 1.46. The highest BCUT2D eigenvalue weighted by molar-refractivity contribution is 4.78. The van der Waals surface area contributed by atoms with Gasteiger partial charge in [0.25, 0.3) is 0 Å². The van der Waals surface area contributed by atoms with Crippen molar-refractivity contribution in [3.8, 4) is 0 Å². The van der Waals surface area contributed by atoms with E-state index in [-0.39, 0.29) is 12.3 Å². The summed E-state index contributed by atoms with van der Waals surface area (Å²) in [5.74, 6) is 0. The highest BCUT2D eigenvalue weighted by Crippen LogP contribution is 2.17. The summed E-state index contributed by atoms with van der Waals surface area (Å²) in [7, 11) is 0. The van der Waals surface area contributed by atoms with Crippen molar-refractivity contribution in [2.45, 2.75) is 19.4 Å². The first-order valence-corrected chi connectivity index (χ1v) is 3.27. The summed E-state index contributed by atoms with van der Waals surface area (Å²) >= 11 is 0. The van der Waals surface area contributed by atoms with Crippen LogP contribution in [0.2, 0.25) is 0 Å². The summed E-state index contributed by atoms with van der Waals surface area (Å²) in [5.41, 5.74) is -0.118. The van der Waals surface area contributed by atoms with Crippen molar-refractivity contribution in [3.63, 3.8) is 0 Å². The highest BCUT2D eigenvalue weighted by Gasteiger charge is 2.30. The lowest BCUT2D eigenvalue weighted by atomic mass is 10.1.